The van der Waals surface area contributed by atoms with Gasteiger partial charge in [0.25, 0.3) is 0 Å². The van der Waals surface area contributed by atoms with Gasteiger partial charge in [-0.15, -0.1) is 17.0 Å². The van der Waals surface area contributed by atoms with E-state index in [9.17, 15) is 4.79 Å². The van der Waals surface area contributed by atoms with E-state index >= 15 is 0 Å². The number of hydrogen-bond acceptors (Lipinski definition) is 2. The molecule has 0 amide bonds. The molecule has 0 heterocycles. The molecule has 0 saturated heterocycles. The number of benzene rings is 4. The van der Waals surface area contributed by atoms with Crippen LogP contribution in [0, 0.1) is 0 Å². The normalized spacial score (nSPS) is 10.7. The van der Waals surface area contributed by atoms with Gasteiger partial charge in [0.05, 0.1) is 18.8 Å². The van der Waals surface area contributed by atoms with Crippen molar-refractivity contribution in [3.05, 3.63) is 126 Å². The first kappa shape index (κ1) is 22.9. The van der Waals surface area contributed by atoms with Gasteiger partial charge in [0.1, 0.15) is 23.2 Å². The van der Waals surface area contributed by atoms with Crippen LogP contribution >= 0.6 is 24.2 Å². The van der Waals surface area contributed by atoms with Crippen LogP contribution < -0.4 is 15.9 Å². The Morgan fingerprint density at radius 2 is 1.03 bits per heavy atom. The summed E-state index contributed by atoms with van der Waals surface area (Å²) in [6, 6.07) is 40.2. The third kappa shape index (κ3) is 4.79. The highest BCUT2D eigenvalue weighted by Crippen LogP contribution is 2.58. The van der Waals surface area contributed by atoms with E-state index in [1.165, 1.54) is 28.6 Å². The molecule has 4 aromatic rings. The summed E-state index contributed by atoms with van der Waals surface area (Å²) in [5.41, 5.74) is 1.77. The third-order valence-electron chi connectivity index (χ3n) is 5.39. The van der Waals surface area contributed by atoms with E-state index in [1.807, 2.05) is 12.1 Å². The number of ether oxygens (including phenoxy) is 1. The summed E-state index contributed by atoms with van der Waals surface area (Å²) >= 11 is 0. The van der Waals surface area contributed by atoms with Crippen molar-refractivity contribution in [1.82, 2.24) is 0 Å². The molecule has 0 radical (unpaired) electrons. The predicted molar refractivity (Wildman–Crippen MR) is 137 cm³/mol. The SMILES string of the molecule is Br.COC(=O)c1ccc(C[P+](c2ccccc2)(c2ccccc2)c2ccccc2)cc1. The fourth-order valence-electron chi connectivity index (χ4n) is 3.91. The summed E-state index contributed by atoms with van der Waals surface area (Å²) in [7, 11) is -0.527. The Kier molecular flexibility index (Phi) is 7.79. The molecule has 0 aliphatic heterocycles. The molecule has 4 aromatic carbocycles. The lowest BCUT2D eigenvalue weighted by molar-refractivity contribution is 0.0600. The van der Waals surface area contributed by atoms with E-state index in [1.54, 1.807) is 0 Å². The Labute approximate surface area is 195 Å². The Morgan fingerprint density at radius 1 is 0.645 bits per heavy atom. The van der Waals surface area contributed by atoms with Crippen molar-refractivity contribution in [2.45, 2.75) is 6.16 Å². The second-order valence-electron chi connectivity index (χ2n) is 7.16. The van der Waals surface area contributed by atoms with E-state index in [4.69, 9.17) is 4.74 Å². The van der Waals surface area contributed by atoms with Gasteiger partial charge >= 0.3 is 5.97 Å². The van der Waals surface area contributed by atoms with E-state index in [0.29, 0.717) is 5.56 Å². The maximum atomic E-state index is 11.9. The average Bonchev–Trinajstić information content (AvgIpc) is 2.84. The van der Waals surface area contributed by atoms with Gasteiger partial charge in [0.2, 0.25) is 0 Å². The summed E-state index contributed by atoms with van der Waals surface area (Å²) in [5, 5.41) is 4.04. The highest BCUT2D eigenvalue weighted by Gasteiger charge is 2.45. The summed E-state index contributed by atoms with van der Waals surface area (Å²) < 4.78 is 4.85. The van der Waals surface area contributed by atoms with Crippen LogP contribution in [0.3, 0.4) is 0 Å². The number of rotatable bonds is 6. The number of methoxy groups -OCH3 is 1. The molecule has 0 aromatic heterocycles. The van der Waals surface area contributed by atoms with Gasteiger partial charge in [-0.05, 0) is 54.1 Å². The van der Waals surface area contributed by atoms with Crippen LogP contribution in [0.1, 0.15) is 15.9 Å². The van der Waals surface area contributed by atoms with Crippen LogP contribution in [0.15, 0.2) is 115 Å². The van der Waals surface area contributed by atoms with Crippen LogP contribution in [0.4, 0.5) is 0 Å². The first-order chi connectivity index (χ1) is 14.7. The zero-order valence-electron chi connectivity index (χ0n) is 17.3. The summed E-state index contributed by atoms with van der Waals surface area (Å²) in [5.74, 6) is -0.309. The second-order valence-corrected chi connectivity index (χ2v) is 10.6. The van der Waals surface area contributed by atoms with E-state index in [-0.39, 0.29) is 23.0 Å². The molecule has 4 heteroatoms. The number of hydrogen-bond donors (Lipinski definition) is 0. The fraction of sp³-hybridized carbons (Fsp3) is 0.0741. The van der Waals surface area contributed by atoms with Crippen LogP contribution in [-0.4, -0.2) is 13.1 Å². The van der Waals surface area contributed by atoms with Crippen molar-refractivity contribution in [1.29, 1.82) is 0 Å². The van der Waals surface area contributed by atoms with E-state index in [0.717, 1.165) is 6.16 Å². The maximum Gasteiger partial charge on any atom is 0.337 e. The van der Waals surface area contributed by atoms with Crippen molar-refractivity contribution in [3.8, 4) is 0 Å². The maximum absolute atomic E-state index is 11.9. The highest BCUT2D eigenvalue weighted by molar-refractivity contribution is 8.93. The van der Waals surface area contributed by atoms with Gasteiger partial charge in [-0.25, -0.2) is 4.79 Å². The van der Waals surface area contributed by atoms with Gasteiger partial charge in [-0.2, -0.15) is 0 Å². The minimum Gasteiger partial charge on any atom is -0.465 e. The largest absolute Gasteiger partial charge is 0.465 e. The van der Waals surface area contributed by atoms with Crippen LogP contribution in [-0.2, 0) is 10.9 Å². The predicted octanol–water partition coefficient (Wildman–Crippen LogP) is 5.55. The monoisotopic (exact) mass is 491 g/mol. The number of esters is 1. The van der Waals surface area contributed by atoms with Crippen molar-refractivity contribution in [3.63, 3.8) is 0 Å². The average molecular weight is 492 g/mol. The molecule has 156 valence electrons. The molecule has 0 unspecified atom stereocenters. The topological polar surface area (TPSA) is 26.3 Å². The summed E-state index contributed by atoms with van der Waals surface area (Å²) in [6.07, 6.45) is 0.881. The molecule has 0 saturated carbocycles. The highest BCUT2D eigenvalue weighted by atomic mass is 79.9. The van der Waals surface area contributed by atoms with Crippen LogP contribution in [0.5, 0.6) is 0 Å². The van der Waals surface area contributed by atoms with Crippen molar-refractivity contribution in [2.75, 3.05) is 7.11 Å². The van der Waals surface area contributed by atoms with Crippen LogP contribution in [0.2, 0.25) is 0 Å². The second kappa shape index (κ2) is 10.5. The quantitative estimate of drug-likeness (QED) is 0.261. The molecule has 2 nitrogen and oxygen atoms in total. The van der Waals surface area contributed by atoms with Crippen molar-refractivity contribution < 1.29 is 9.53 Å². The lowest BCUT2D eigenvalue weighted by Gasteiger charge is -2.27. The van der Waals surface area contributed by atoms with Gasteiger partial charge < -0.3 is 4.74 Å². The molecule has 0 N–H and O–H groups in total. The molecular weight excluding hydrogens is 467 g/mol. The molecule has 0 bridgehead atoms. The molecular formula is C27H25BrO2P+. The standard InChI is InChI=1S/C27H24O2P.BrH/c1-29-27(28)23-19-17-22(18-20-23)21-30(24-11-5-2-6-12-24,25-13-7-3-8-14-25)26-15-9-4-10-16-26;/h2-20H,21H2,1H3;1H/q+1;. The van der Waals surface area contributed by atoms with E-state index < -0.39 is 7.26 Å². The molecule has 0 spiro atoms. The number of carbonyl (C=O) groups excluding carboxylic acids is 1. The number of carbonyl (C=O) groups is 1. The lowest BCUT2D eigenvalue weighted by atomic mass is 10.1. The zero-order chi connectivity index (χ0) is 20.8. The van der Waals surface area contributed by atoms with Crippen molar-refractivity contribution >= 4 is 46.1 Å². The smallest absolute Gasteiger partial charge is 0.337 e. The lowest BCUT2D eigenvalue weighted by Crippen LogP contribution is -2.32. The van der Waals surface area contributed by atoms with E-state index in [2.05, 4.69) is 103 Å². The third-order valence-corrected chi connectivity index (χ3v) is 9.76. The Hall–Kier alpha value is -2.74. The Bertz CT molecular complexity index is 1000. The van der Waals surface area contributed by atoms with Gasteiger partial charge in [0.15, 0.2) is 0 Å². The van der Waals surface area contributed by atoms with Crippen LogP contribution in [0.25, 0.3) is 0 Å². The van der Waals surface area contributed by atoms with Gasteiger partial charge in [-0.3, -0.25) is 0 Å². The van der Waals surface area contributed by atoms with Gasteiger partial charge in [-0.1, -0.05) is 66.7 Å². The fourth-order valence-corrected chi connectivity index (χ4v) is 8.15. The molecule has 0 aliphatic carbocycles. The Balaban J connectivity index is 0.00000272. The molecule has 31 heavy (non-hydrogen) atoms. The first-order valence-electron chi connectivity index (χ1n) is 9.96. The molecule has 0 fully saturated rings. The molecule has 0 atom stereocenters. The summed E-state index contributed by atoms with van der Waals surface area (Å²) in [6.45, 7) is 0. The molecule has 0 aliphatic rings. The zero-order valence-corrected chi connectivity index (χ0v) is 20.0. The molecule has 4 rings (SSSR count). The minimum absolute atomic E-state index is 0. The summed E-state index contributed by atoms with van der Waals surface area (Å²) in [4.78, 5) is 11.9. The van der Waals surface area contributed by atoms with Gasteiger partial charge in [0, 0.05) is 0 Å². The Morgan fingerprint density at radius 3 is 1.39 bits per heavy atom. The first-order valence-corrected chi connectivity index (χ1v) is 11.9. The number of halogens is 1. The van der Waals surface area contributed by atoms with Crippen molar-refractivity contribution in [2.24, 2.45) is 0 Å². The minimum atomic E-state index is -1.94.